The Balaban J connectivity index is 2.16. The number of phenols is 1. The lowest BCUT2D eigenvalue weighted by atomic mass is 10.1. The molecule has 2 rings (SSSR count). The Bertz CT molecular complexity index is 785. The molecule has 0 aliphatic carbocycles. The average Bonchev–Trinajstić information content (AvgIpc) is 2.60. The van der Waals surface area contributed by atoms with Crippen LogP contribution >= 0.6 is 23.7 Å². The predicted octanol–water partition coefficient (Wildman–Crippen LogP) is 2.92. The molecule has 126 valence electrons. The van der Waals surface area contributed by atoms with Crippen LogP contribution in [0.3, 0.4) is 0 Å². The number of anilines is 1. The van der Waals surface area contributed by atoms with Crippen molar-refractivity contribution >= 4 is 41.0 Å². The minimum absolute atomic E-state index is 0.00721. The molecule has 0 saturated heterocycles. The van der Waals surface area contributed by atoms with Crippen molar-refractivity contribution in [3.8, 4) is 5.75 Å². The van der Waals surface area contributed by atoms with Crippen molar-refractivity contribution in [2.24, 2.45) is 10.2 Å². The van der Waals surface area contributed by atoms with Gasteiger partial charge < -0.3 is 5.11 Å². The van der Waals surface area contributed by atoms with E-state index in [4.69, 9.17) is 16.7 Å². The van der Waals surface area contributed by atoms with Gasteiger partial charge in [0, 0.05) is 16.1 Å². The second-order valence-electron chi connectivity index (χ2n) is 4.73. The molecular formula is C15H15ClN4O3S. The fourth-order valence-electron chi connectivity index (χ4n) is 1.88. The number of hydrogen-bond donors (Lipinski definition) is 4. The van der Waals surface area contributed by atoms with Gasteiger partial charge >= 0.3 is 0 Å². The number of carbonyl (C=O) groups is 1. The summed E-state index contributed by atoms with van der Waals surface area (Å²) in [6.45, 7) is 1.63. The number of nitrogens with zero attached hydrogens (tertiary/aromatic N) is 2. The number of nitrogens with two attached hydrogens (primary N) is 1. The molecule has 5 N–H and O–H groups in total. The Morgan fingerprint density at radius 1 is 1.33 bits per heavy atom. The molecule has 2 aromatic carbocycles. The number of hydrogen-bond acceptors (Lipinski definition) is 7. The van der Waals surface area contributed by atoms with Crippen LogP contribution in [-0.2, 0) is 0 Å². The quantitative estimate of drug-likeness (QED) is 0.368. The van der Waals surface area contributed by atoms with E-state index < -0.39 is 5.91 Å². The van der Waals surface area contributed by atoms with Gasteiger partial charge in [0.15, 0.2) is 0 Å². The first-order valence-corrected chi connectivity index (χ1v) is 7.93. The maximum Gasteiger partial charge on any atom is 0.271 e. The molecule has 0 fully saturated rings. The van der Waals surface area contributed by atoms with Crippen LogP contribution in [0.25, 0.3) is 0 Å². The van der Waals surface area contributed by atoms with E-state index in [1.807, 2.05) is 0 Å². The van der Waals surface area contributed by atoms with Gasteiger partial charge in [-0.25, -0.2) is 5.43 Å². The molecule has 0 aliphatic heterocycles. The third-order valence-electron chi connectivity index (χ3n) is 3.10. The minimum atomic E-state index is -0.479. The number of phenolic OH excluding ortho intramolecular Hbond substituents is 1. The number of amides is 1. The molecule has 0 saturated carbocycles. The normalized spacial score (nSPS) is 11.2. The molecule has 0 unspecified atom stereocenters. The van der Waals surface area contributed by atoms with Crippen LogP contribution in [-0.4, -0.2) is 21.9 Å². The largest absolute Gasteiger partial charge is 0.507 e. The highest BCUT2D eigenvalue weighted by atomic mass is 35.5. The molecule has 9 heteroatoms. The molecule has 7 nitrogen and oxygen atoms in total. The molecule has 0 spiro atoms. The van der Waals surface area contributed by atoms with Crippen LogP contribution in [0.15, 0.2) is 47.6 Å². The zero-order valence-corrected chi connectivity index (χ0v) is 14.2. The summed E-state index contributed by atoms with van der Waals surface area (Å²) < 4.78 is 0.731. The molecular weight excluding hydrogens is 352 g/mol. The van der Waals surface area contributed by atoms with Gasteiger partial charge in [-0.15, -0.1) is 0 Å². The molecule has 1 amide bonds. The van der Waals surface area contributed by atoms with E-state index in [2.05, 4.69) is 10.5 Å². The first-order valence-electron chi connectivity index (χ1n) is 6.72. The maximum atomic E-state index is 12.2. The van der Waals surface area contributed by atoms with Crippen LogP contribution in [0, 0.1) is 0 Å². The van der Waals surface area contributed by atoms with Crippen molar-refractivity contribution in [3.63, 3.8) is 0 Å². The number of rotatable bonds is 5. The molecule has 0 bridgehead atoms. The highest BCUT2D eigenvalue weighted by Gasteiger charge is 2.10. The van der Waals surface area contributed by atoms with E-state index in [9.17, 15) is 15.1 Å². The van der Waals surface area contributed by atoms with E-state index in [0.717, 1.165) is 4.47 Å². The van der Waals surface area contributed by atoms with Crippen LogP contribution in [0.4, 0.5) is 5.69 Å². The topological polar surface area (TPSA) is 111 Å². The Hall–Kier alpha value is -2.26. The Morgan fingerprint density at radius 2 is 2.08 bits per heavy atom. The third-order valence-corrected chi connectivity index (χ3v) is 3.75. The summed E-state index contributed by atoms with van der Waals surface area (Å²) >= 11 is 6.49. The third kappa shape index (κ3) is 4.39. The zero-order chi connectivity index (χ0) is 17.7. The van der Waals surface area contributed by atoms with E-state index in [1.165, 1.54) is 12.1 Å². The predicted molar refractivity (Wildman–Crippen MR) is 95.3 cm³/mol. The number of aromatic hydroxyl groups is 1. The van der Waals surface area contributed by atoms with Gasteiger partial charge in [0.2, 0.25) is 0 Å². The number of halogens is 1. The standard InChI is InChI=1S/C15H15ClN4O3S/c1-9(13-8-11(16)5-6-14(13)21)18-19-15(22)10-3-2-4-12(7-10)20(23)24-17/h2-8,21,23H,17H2,1H3,(H,19,22)/b18-9+. The van der Waals surface area contributed by atoms with Gasteiger partial charge in [-0.05, 0) is 43.3 Å². The molecule has 0 radical (unpaired) electrons. The van der Waals surface area contributed by atoms with E-state index in [0.29, 0.717) is 34.1 Å². The summed E-state index contributed by atoms with van der Waals surface area (Å²) in [4.78, 5) is 12.2. The van der Waals surface area contributed by atoms with Gasteiger partial charge in [-0.3, -0.25) is 15.1 Å². The van der Waals surface area contributed by atoms with Gasteiger partial charge in [0.1, 0.15) is 5.75 Å². The van der Waals surface area contributed by atoms with E-state index in [1.54, 1.807) is 37.3 Å². The van der Waals surface area contributed by atoms with Crippen molar-refractivity contribution in [3.05, 3.63) is 58.6 Å². The van der Waals surface area contributed by atoms with Crippen molar-refractivity contribution in [2.45, 2.75) is 6.92 Å². The van der Waals surface area contributed by atoms with Crippen molar-refractivity contribution < 1.29 is 15.1 Å². The summed E-state index contributed by atoms with van der Waals surface area (Å²) in [6, 6.07) is 10.8. The Labute approximate surface area is 147 Å². The minimum Gasteiger partial charge on any atom is -0.507 e. The molecule has 0 atom stereocenters. The second kappa shape index (κ2) is 8.02. The van der Waals surface area contributed by atoms with Crippen molar-refractivity contribution in [2.75, 3.05) is 4.47 Å². The smallest absolute Gasteiger partial charge is 0.271 e. The number of carbonyl (C=O) groups excluding carboxylic acids is 1. The van der Waals surface area contributed by atoms with Gasteiger partial charge in [-0.1, -0.05) is 17.7 Å². The zero-order valence-electron chi connectivity index (χ0n) is 12.6. The Morgan fingerprint density at radius 3 is 2.79 bits per heavy atom. The lowest BCUT2D eigenvalue weighted by Gasteiger charge is -2.12. The second-order valence-corrected chi connectivity index (χ2v) is 5.72. The van der Waals surface area contributed by atoms with E-state index >= 15 is 0 Å². The van der Waals surface area contributed by atoms with Crippen LogP contribution in [0.5, 0.6) is 5.75 Å². The monoisotopic (exact) mass is 366 g/mol. The fraction of sp³-hybridized carbons (Fsp3) is 0.0667. The molecule has 0 aromatic heterocycles. The summed E-state index contributed by atoms with van der Waals surface area (Å²) in [5.41, 5.74) is 3.82. The number of nitrogens with one attached hydrogen (secondary N) is 1. The first-order chi connectivity index (χ1) is 11.4. The van der Waals surface area contributed by atoms with Crippen LogP contribution in [0.1, 0.15) is 22.8 Å². The van der Waals surface area contributed by atoms with Crippen LogP contribution < -0.4 is 15.0 Å². The van der Waals surface area contributed by atoms with E-state index in [-0.39, 0.29) is 11.3 Å². The summed E-state index contributed by atoms with van der Waals surface area (Å²) in [6.07, 6.45) is 0. The Kier molecular flexibility index (Phi) is 6.04. The van der Waals surface area contributed by atoms with Gasteiger partial charge in [0.05, 0.1) is 23.5 Å². The van der Waals surface area contributed by atoms with Gasteiger partial charge in [-0.2, -0.15) is 9.57 Å². The maximum absolute atomic E-state index is 12.2. The lowest BCUT2D eigenvalue weighted by Crippen LogP contribution is -2.20. The van der Waals surface area contributed by atoms with Crippen molar-refractivity contribution in [1.82, 2.24) is 5.43 Å². The molecule has 0 heterocycles. The lowest BCUT2D eigenvalue weighted by molar-refractivity contribution is 0.0955. The SMILES string of the molecule is C/C(=N\NC(=O)c1cccc(N(O)SN)c1)c1cc(Cl)ccc1O. The highest BCUT2D eigenvalue weighted by Crippen LogP contribution is 2.22. The fourth-order valence-corrected chi connectivity index (χ4v) is 2.29. The summed E-state index contributed by atoms with van der Waals surface area (Å²) in [5, 5.41) is 29.0. The summed E-state index contributed by atoms with van der Waals surface area (Å²) in [5.74, 6) is -0.471. The summed E-state index contributed by atoms with van der Waals surface area (Å²) in [7, 11) is 0. The average molecular weight is 367 g/mol. The first kappa shape index (κ1) is 18.1. The van der Waals surface area contributed by atoms with Crippen LogP contribution in [0.2, 0.25) is 5.02 Å². The molecule has 2 aromatic rings. The number of hydrazone groups is 1. The van der Waals surface area contributed by atoms with Gasteiger partial charge in [0.25, 0.3) is 5.91 Å². The molecule has 0 aliphatic rings. The highest BCUT2D eigenvalue weighted by molar-refractivity contribution is 7.98. The molecule has 24 heavy (non-hydrogen) atoms. The number of benzene rings is 2. The van der Waals surface area contributed by atoms with Crippen molar-refractivity contribution in [1.29, 1.82) is 0 Å².